The number of thiazole rings is 1. The second kappa shape index (κ2) is 10.5. The number of hydrogen-bond acceptors (Lipinski definition) is 10. The molecule has 3 heterocycles. The molecule has 0 saturated heterocycles. The molecule has 0 saturated carbocycles. The van der Waals surface area contributed by atoms with Crippen LogP contribution in [-0.2, 0) is 4.79 Å². The van der Waals surface area contributed by atoms with Crippen molar-refractivity contribution in [3.63, 3.8) is 0 Å². The molecule has 5 rings (SSSR count). The van der Waals surface area contributed by atoms with Gasteiger partial charge in [0.05, 0.1) is 24.4 Å². The summed E-state index contributed by atoms with van der Waals surface area (Å²) in [6.07, 6.45) is 1.44. The zero-order valence-corrected chi connectivity index (χ0v) is 21.4. The number of benzene rings is 2. The molecular weight excluding hydrogens is 520 g/mol. The van der Waals surface area contributed by atoms with Crippen LogP contribution in [0.5, 0.6) is 11.5 Å². The molecule has 0 aliphatic carbocycles. The topological polar surface area (TPSA) is 123 Å². The minimum absolute atomic E-state index is 0.00894. The van der Waals surface area contributed by atoms with Gasteiger partial charge < -0.3 is 19.0 Å². The van der Waals surface area contributed by atoms with E-state index in [-0.39, 0.29) is 10.1 Å². The Morgan fingerprint density at radius 1 is 1.08 bits per heavy atom. The Hall–Kier alpha value is -3.74. The highest BCUT2D eigenvalue weighted by atomic mass is 32.2. The molecule has 3 aromatic heterocycles. The first-order chi connectivity index (χ1) is 17.5. The fourth-order valence-electron chi connectivity index (χ4n) is 3.18. The van der Waals surface area contributed by atoms with E-state index in [1.165, 1.54) is 17.8 Å². The molecule has 2 aromatic carbocycles. The van der Waals surface area contributed by atoms with E-state index in [0.717, 1.165) is 26.3 Å². The van der Waals surface area contributed by atoms with E-state index in [0.29, 0.717) is 33.7 Å². The number of fused-ring (bicyclic) bond motifs is 1. The first-order valence-electron chi connectivity index (χ1n) is 10.4. The monoisotopic (exact) mass is 538 g/mol. The number of thioether (sulfide) groups is 1. The fourth-order valence-corrected chi connectivity index (χ4v) is 5.83. The minimum atomic E-state index is -1.12. The average Bonchev–Trinajstić information content (AvgIpc) is 3.63. The van der Waals surface area contributed by atoms with Crippen molar-refractivity contribution in [2.45, 2.75) is 14.6 Å². The van der Waals surface area contributed by atoms with Crippen LogP contribution >= 0.6 is 34.9 Å². The maximum atomic E-state index is 11.9. The quantitative estimate of drug-likeness (QED) is 0.169. The molecule has 0 aliphatic heterocycles. The van der Waals surface area contributed by atoms with Gasteiger partial charge in [-0.2, -0.15) is 0 Å². The van der Waals surface area contributed by atoms with E-state index in [1.54, 1.807) is 55.9 Å². The number of furan rings is 1. The number of H-pyrrole nitrogens is 1. The highest BCUT2D eigenvalue weighted by molar-refractivity contribution is 8.04. The van der Waals surface area contributed by atoms with E-state index in [4.69, 9.17) is 13.9 Å². The van der Waals surface area contributed by atoms with Gasteiger partial charge in [-0.05, 0) is 59.9 Å². The molecule has 9 nitrogen and oxygen atoms in total. The summed E-state index contributed by atoms with van der Waals surface area (Å²) in [7, 11) is 3.11. The zero-order valence-electron chi connectivity index (χ0n) is 18.9. The predicted octanol–water partition coefficient (Wildman–Crippen LogP) is 6.06. The van der Waals surface area contributed by atoms with Crippen LogP contribution in [0.3, 0.4) is 0 Å². The summed E-state index contributed by atoms with van der Waals surface area (Å²) < 4.78 is 18.4. The Morgan fingerprint density at radius 2 is 1.86 bits per heavy atom. The zero-order chi connectivity index (χ0) is 25.1. The summed E-state index contributed by atoms with van der Waals surface area (Å²) in [5.41, 5.74) is 1.62. The number of ether oxygens (including phenoxy) is 2. The molecule has 0 spiro atoms. The maximum Gasteiger partial charge on any atom is 0.342 e. The number of hydrogen-bond donors (Lipinski definition) is 2. The van der Waals surface area contributed by atoms with Crippen molar-refractivity contribution in [3.05, 3.63) is 65.3 Å². The molecule has 12 heteroatoms. The summed E-state index contributed by atoms with van der Waals surface area (Å²) in [6, 6.07) is 16.7. The lowest BCUT2D eigenvalue weighted by molar-refractivity contribution is -0.131. The van der Waals surface area contributed by atoms with E-state index in [9.17, 15) is 9.90 Å². The molecule has 0 amide bonds. The number of aromatic nitrogens is 4. The fraction of sp³-hybridized carbons (Fsp3) is 0.0833. The second-order valence-electron chi connectivity index (χ2n) is 7.19. The molecule has 5 aromatic rings. The largest absolute Gasteiger partial charge is 0.497 e. The number of aromatic amines is 1. The van der Waals surface area contributed by atoms with Crippen LogP contribution in [0, 0.1) is 0 Å². The molecule has 182 valence electrons. The highest BCUT2D eigenvalue weighted by Gasteiger charge is 2.17. The van der Waals surface area contributed by atoms with Gasteiger partial charge in [-0.3, -0.25) is 5.10 Å². The lowest BCUT2D eigenvalue weighted by atomic mass is 10.2. The van der Waals surface area contributed by atoms with Gasteiger partial charge in [-0.25, -0.2) is 14.8 Å². The molecule has 0 aliphatic rings. The summed E-state index contributed by atoms with van der Waals surface area (Å²) in [5, 5.41) is 17.6. The maximum absolute atomic E-state index is 11.9. The van der Waals surface area contributed by atoms with Gasteiger partial charge >= 0.3 is 5.97 Å². The van der Waals surface area contributed by atoms with Gasteiger partial charge in [-0.15, -0.1) is 16.4 Å². The Bertz CT molecular complexity index is 1520. The van der Waals surface area contributed by atoms with Crippen LogP contribution in [0.4, 0.5) is 0 Å². The van der Waals surface area contributed by atoms with Crippen LogP contribution in [0.15, 0.2) is 78.5 Å². The van der Waals surface area contributed by atoms with Gasteiger partial charge in [0.2, 0.25) is 5.16 Å². The average molecular weight is 539 g/mol. The first kappa shape index (κ1) is 24.0. The van der Waals surface area contributed by atoms with Gasteiger partial charge in [0, 0.05) is 17.7 Å². The van der Waals surface area contributed by atoms with Crippen molar-refractivity contribution in [2.75, 3.05) is 14.2 Å². The van der Waals surface area contributed by atoms with Crippen molar-refractivity contribution in [2.24, 2.45) is 0 Å². The number of aliphatic carboxylic acids is 1. The number of rotatable bonds is 9. The van der Waals surface area contributed by atoms with Crippen LogP contribution in [0.25, 0.3) is 27.7 Å². The Balaban J connectivity index is 1.33. The lowest BCUT2D eigenvalue weighted by Gasteiger charge is -2.06. The van der Waals surface area contributed by atoms with Crippen molar-refractivity contribution in [3.8, 4) is 22.9 Å². The predicted molar refractivity (Wildman–Crippen MR) is 139 cm³/mol. The third-order valence-corrected chi connectivity index (χ3v) is 7.73. The van der Waals surface area contributed by atoms with E-state index in [1.807, 2.05) is 24.3 Å². The van der Waals surface area contributed by atoms with Crippen LogP contribution in [0.2, 0.25) is 0 Å². The van der Waals surface area contributed by atoms with Gasteiger partial charge in [0.15, 0.2) is 15.3 Å². The molecule has 0 unspecified atom stereocenters. The third kappa shape index (κ3) is 5.40. The molecule has 2 N–H and O–H groups in total. The second-order valence-corrected chi connectivity index (χ2v) is 10.5. The number of nitrogens with zero attached hydrogens (tertiary/aromatic N) is 3. The summed E-state index contributed by atoms with van der Waals surface area (Å²) in [5.74, 6) is 0.923. The first-order valence-corrected chi connectivity index (χ1v) is 12.9. The molecule has 0 radical (unpaired) electrons. The van der Waals surface area contributed by atoms with Gasteiger partial charge in [-0.1, -0.05) is 12.1 Å². The highest BCUT2D eigenvalue weighted by Crippen LogP contribution is 2.36. The summed E-state index contributed by atoms with van der Waals surface area (Å²) >= 11 is 3.87. The van der Waals surface area contributed by atoms with Gasteiger partial charge in [0.1, 0.15) is 22.2 Å². The standard InChI is InChI=1S/C24H18N4O5S3/c1-31-15-9-13(10-16(11-15)32-2)21-26-23(28-27-21)34-19(22(29)30)12-14-7-8-20(33-14)36-24-25-17-5-3-4-6-18(17)35-24/h3-12H,1-2H3,(H,29,30)(H,26,27,28)/b19-12-. The van der Waals surface area contributed by atoms with Gasteiger partial charge in [0.25, 0.3) is 0 Å². The summed E-state index contributed by atoms with van der Waals surface area (Å²) in [4.78, 5) is 20.9. The third-order valence-electron chi connectivity index (χ3n) is 4.84. The molecule has 0 atom stereocenters. The number of carbonyl (C=O) groups is 1. The number of carboxylic acids is 1. The van der Waals surface area contributed by atoms with Crippen LogP contribution in [0.1, 0.15) is 5.76 Å². The van der Waals surface area contributed by atoms with E-state index >= 15 is 0 Å². The summed E-state index contributed by atoms with van der Waals surface area (Å²) in [6.45, 7) is 0. The normalized spacial score (nSPS) is 11.7. The van der Waals surface area contributed by atoms with E-state index < -0.39 is 5.97 Å². The lowest BCUT2D eigenvalue weighted by Crippen LogP contribution is -1.97. The van der Waals surface area contributed by atoms with Crippen LogP contribution in [-0.4, -0.2) is 45.5 Å². The van der Waals surface area contributed by atoms with E-state index in [2.05, 4.69) is 20.2 Å². The SMILES string of the molecule is COc1cc(OC)cc(-c2nc(S/C(=C\c3ccc(Sc4nc5ccccc5s4)o3)C(=O)O)n[nH]2)c1. The minimum Gasteiger partial charge on any atom is -0.497 e. The number of carboxylic acid groups (broad SMARTS) is 1. The Labute approximate surface area is 217 Å². The molecule has 0 fully saturated rings. The van der Waals surface area contributed by atoms with Crippen molar-refractivity contribution in [1.29, 1.82) is 0 Å². The van der Waals surface area contributed by atoms with Crippen molar-refractivity contribution in [1.82, 2.24) is 20.2 Å². The van der Waals surface area contributed by atoms with Crippen molar-refractivity contribution < 1.29 is 23.8 Å². The smallest absolute Gasteiger partial charge is 0.342 e. The van der Waals surface area contributed by atoms with Crippen molar-refractivity contribution >= 4 is 57.1 Å². The Kier molecular flexibility index (Phi) is 6.98. The molecule has 36 heavy (non-hydrogen) atoms. The number of para-hydroxylation sites is 1. The number of nitrogens with one attached hydrogen (secondary N) is 1. The van der Waals surface area contributed by atoms with Crippen LogP contribution < -0.4 is 9.47 Å². The molecular formula is C24H18N4O5S3. The Morgan fingerprint density at radius 3 is 2.58 bits per heavy atom. The molecule has 0 bridgehead atoms. The number of methoxy groups -OCH3 is 2.